The van der Waals surface area contributed by atoms with Gasteiger partial charge in [0.1, 0.15) is 11.7 Å². The molecule has 35 heavy (non-hydrogen) atoms. The maximum Gasteiger partial charge on any atom is 0.302 e. The zero-order valence-electron chi connectivity index (χ0n) is 23.6. The van der Waals surface area contributed by atoms with Gasteiger partial charge in [-0.1, -0.05) is 53.9 Å². The van der Waals surface area contributed by atoms with Gasteiger partial charge in [0.15, 0.2) is 5.90 Å². The normalized spacial score (nSPS) is 47.1. The Morgan fingerprint density at radius 1 is 1.09 bits per heavy atom. The molecule has 10 atom stereocenters. The number of rotatable bonds is 6. The van der Waals surface area contributed by atoms with E-state index in [4.69, 9.17) is 14.5 Å². The van der Waals surface area contributed by atoms with E-state index in [1.807, 2.05) is 6.92 Å². The van der Waals surface area contributed by atoms with Crippen molar-refractivity contribution in [3.05, 3.63) is 0 Å². The van der Waals surface area contributed by atoms with Gasteiger partial charge in [0, 0.05) is 25.7 Å². The molecule has 0 saturated heterocycles. The molecule has 0 aromatic carbocycles. The third-order valence-corrected chi connectivity index (χ3v) is 12.0. The topological polar surface area (TPSA) is 47.9 Å². The van der Waals surface area contributed by atoms with Gasteiger partial charge in [0.05, 0.1) is 6.04 Å². The summed E-state index contributed by atoms with van der Waals surface area (Å²) in [6, 6.07) is 0.219. The number of nitrogens with zero attached hydrogens (tertiary/aromatic N) is 1. The fourth-order valence-corrected chi connectivity index (χ4v) is 10.5. The molecule has 4 nitrogen and oxygen atoms in total. The van der Waals surface area contributed by atoms with E-state index in [1.165, 1.54) is 51.4 Å². The quantitative estimate of drug-likeness (QED) is 0.364. The van der Waals surface area contributed by atoms with Gasteiger partial charge in [-0.3, -0.25) is 4.79 Å². The maximum atomic E-state index is 11.8. The highest BCUT2D eigenvalue weighted by molar-refractivity contribution is 5.76. The molecule has 0 radical (unpaired) electrons. The molecule has 1 heterocycles. The minimum absolute atomic E-state index is 0.0304. The Kier molecular flexibility index (Phi) is 6.61. The molecule has 4 saturated carbocycles. The lowest BCUT2D eigenvalue weighted by atomic mass is 9.42. The second kappa shape index (κ2) is 9.05. The van der Waals surface area contributed by atoms with Crippen LogP contribution >= 0.6 is 0 Å². The van der Waals surface area contributed by atoms with E-state index in [0.717, 1.165) is 54.7 Å². The molecule has 1 spiro atoms. The molecule has 5 rings (SSSR count). The van der Waals surface area contributed by atoms with Crippen LogP contribution < -0.4 is 0 Å². The summed E-state index contributed by atoms with van der Waals surface area (Å²) in [5.41, 5.74) is 0.315. The molecule has 0 unspecified atom stereocenters. The number of hydrogen-bond acceptors (Lipinski definition) is 4. The number of fused-ring (bicyclic) bond motifs is 4. The van der Waals surface area contributed by atoms with Crippen molar-refractivity contribution in [2.75, 3.05) is 0 Å². The van der Waals surface area contributed by atoms with Crippen LogP contribution in [0.4, 0.5) is 0 Å². The van der Waals surface area contributed by atoms with Gasteiger partial charge >= 0.3 is 5.97 Å². The molecule has 0 bridgehead atoms. The van der Waals surface area contributed by atoms with Crippen LogP contribution in [-0.2, 0) is 14.3 Å². The number of ether oxygens (including phenoxy) is 2. The van der Waals surface area contributed by atoms with Crippen molar-refractivity contribution in [3.8, 4) is 0 Å². The van der Waals surface area contributed by atoms with Crippen LogP contribution in [-0.4, -0.2) is 29.6 Å². The molecule has 0 aromatic rings. The lowest BCUT2D eigenvalue weighted by Gasteiger charge is -2.65. The van der Waals surface area contributed by atoms with Crippen molar-refractivity contribution in [2.45, 2.75) is 137 Å². The number of aliphatic imine (C=N–C) groups is 1. The van der Waals surface area contributed by atoms with E-state index in [2.05, 4.69) is 34.6 Å². The minimum atomic E-state index is -0.285. The van der Waals surface area contributed by atoms with Gasteiger partial charge in [-0.05, 0) is 85.9 Å². The number of hydrogen-bond donors (Lipinski definition) is 0. The number of carbonyl (C=O) groups is 1. The van der Waals surface area contributed by atoms with Crippen LogP contribution in [0.25, 0.3) is 0 Å². The lowest BCUT2D eigenvalue weighted by molar-refractivity contribution is -0.216. The Bertz CT molecular complexity index is 852. The largest absolute Gasteiger partial charge is 0.472 e. The van der Waals surface area contributed by atoms with E-state index >= 15 is 0 Å². The Morgan fingerprint density at radius 2 is 1.86 bits per heavy atom. The van der Waals surface area contributed by atoms with E-state index < -0.39 is 0 Å². The van der Waals surface area contributed by atoms with Crippen molar-refractivity contribution < 1.29 is 14.3 Å². The van der Waals surface area contributed by atoms with Crippen molar-refractivity contribution in [2.24, 2.45) is 51.3 Å². The van der Waals surface area contributed by atoms with E-state index in [1.54, 1.807) is 6.92 Å². The molecular weight excluding hydrogens is 434 g/mol. The molecule has 5 aliphatic rings. The average molecular weight is 486 g/mol. The van der Waals surface area contributed by atoms with Crippen molar-refractivity contribution in [1.82, 2.24) is 0 Å². The second-order valence-corrected chi connectivity index (χ2v) is 14.2. The Hall–Kier alpha value is -1.06. The maximum absolute atomic E-state index is 11.8. The molecule has 1 aliphatic heterocycles. The summed E-state index contributed by atoms with van der Waals surface area (Å²) in [5.74, 6) is 5.52. The Labute approximate surface area is 214 Å². The molecule has 0 N–H and O–H groups in total. The standard InChI is InChI=1S/C31H51NO3/c1-19(2)9-8-10-20(3)25-11-12-26-24-17-28-31(35-21(4)32-28)18-23(34-22(5)33)13-16-30(31,7)27(24)14-15-29(25,26)6/h19-20,23-28H,8-18H2,1-7H3/t20-,23+,24+,25-,26+,27+,28+,29-,30-,31+/m1/s1. The zero-order chi connectivity index (χ0) is 25.2. The first kappa shape index (κ1) is 25.6. The second-order valence-electron chi connectivity index (χ2n) is 14.2. The van der Waals surface area contributed by atoms with Crippen LogP contribution in [0.15, 0.2) is 4.99 Å². The fourth-order valence-electron chi connectivity index (χ4n) is 10.5. The molecule has 4 heteroatoms. The molecular formula is C31H51NO3. The Morgan fingerprint density at radius 3 is 2.57 bits per heavy atom. The van der Waals surface area contributed by atoms with Gasteiger partial charge < -0.3 is 9.47 Å². The van der Waals surface area contributed by atoms with Gasteiger partial charge in [-0.2, -0.15) is 0 Å². The van der Waals surface area contributed by atoms with Gasteiger partial charge in [0.25, 0.3) is 0 Å². The smallest absolute Gasteiger partial charge is 0.302 e. The lowest BCUT2D eigenvalue weighted by Crippen LogP contribution is -2.68. The minimum Gasteiger partial charge on any atom is -0.472 e. The summed E-state index contributed by atoms with van der Waals surface area (Å²) < 4.78 is 12.5. The first-order valence-electron chi connectivity index (χ1n) is 14.9. The summed E-state index contributed by atoms with van der Waals surface area (Å²) in [7, 11) is 0. The zero-order valence-corrected chi connectivity index (χ0v) is 23.6. The summed E-state index contributed by atoms with van der Waals surface area (Å²) >= 11 is 0. The average Bonchev–Trinajstić information content (AvgIpc) is 3.28. The molecule has 198 valence electrons. The number of carbonyl (C=O) groups excluding carboxylic acids is 1. The molecule has 4 aliphatic carbocycles. The first-order valence-corrected chi connectivity index (χ1v) is 14.9. The van der Waals surface area contributed by atoms with E-state index in [-0.39, 0.29) is 29.1 Å². The molecule has 4 fully saturated rings. The summed E-state index contributed by atoms with van der Waals surface area (Å²) in [4.78, 5) is 16.9. The SMILES string of the molecule is CC(=O)O[C@H]1CC[C@]2(C)[C@H]3CC[C@]4(C)[C@@H]([C@H](C)CCCC(C)C)CC[C@H]4[C@@H]3C[C@@H]3N=C(C)O[C@@]32C1. The van der Waals surface area contributed by atoms with Gasteiger partial charge in [-0.25, -0.2) is 4.99 Å². The highest BCUT2D eigenvalue weighted by Gasteiger charge is 2.71. The highest BCUT2D eigenvalue weighted by atomic mass is 16.6. The third-order valence-electron chi connectivity index (χ3n) is 12.0. The van der Waals surface area contributed by atoms with Crippen LogP contribution in [0, 0.1) is 46.3 Å². The van der Waals surface area contributed by atoms with Crippen LogP contribution in [0.2, 0.25) is 0 Å². The van der Waals surface area contributed by atoms with Crippen molar-refractivity contribution in [3.63, 3.8) is 0 Å². The first-order chi connectivity index (χ1) is 16.5. The number of esters is 1. The monoisotopic (exact) mass is 485 g/mol. The van der Waals surface area contributed by atoms with Gasteiger partial charge in [0.2, 0.25) is 0 Å². The molecule has 0 amide bonds. The van der Waals surface area contributed by atoms with Crippen molar-refractivity contribution in [1.29, 1.82) is 0 Å². The van der Waals surface area contributed by atoms with Crippen molar-refractivity contribution >= 4 is 11.9 Å². The summed E-state index contributed by atoms with van der Waals surface area (Å²) in [6.45, 7) is 16.1. The van der Waals surface area contributed by atoms with E-state index in [0.29, 0.717) is 11.3 Å². The van der Waals surface area contributed by atoms with Crippen LogP contribution in [0.3, 0.4) is 0 Å². The molecule has 0 aromatic heterocycles. The summed E-state index contributed by atoms with van der Waals surface area (Å²) in [5, 5.41) is 0. The summed E-state index contributed by atoms with van der Waals surface area (Å²) in [6.07, 6.45) is 13.7. The predicted molar refractivity (Wildman–Crippen MR) is 141 cm³/mol. The fraction of sp³-hybridized carbons (Fsp3) is 0.935. The van der Waals surface area contributed by atoms with Gasteiger partial charge in [-0.15, -0.1) is 0 Å². The van der Waals surface area contributed by atoms with E-state index in [9.17, 15) is 4.79 Å². The highest BCUT2D eigenvalue weighted by Crippen LogP contribution is 2.71. The predicted octanol–water partition coefficient (Wildman–Crippen LogP) is 7.59. The van der Waals surface area contributed by atoms with Crippen LogP contribution in [0.5, 0.6) is 0 Å². The van der Waals surface area contributed by atoms with Crippen LogP contribution in [0.1, 0.15) is 119 Å². The Balaban J connectivity index is 1.39. The third kappa shape index (κ3) is 3.99.